The van der Waals surface area contributed by atoms with E-state index in [4.69, 9.17) is 4.74 Å². The lowest BCUT2D eigenvalue weighted by Gasteiger charge is -2.34. The third-order valence-corrected chi connectivity index (χ3v) is 5.51. The first-order valence-electron chi connectivity index (χ1n) is 9.52. The zero-order valence-corrected chi connectivity index (χ0v) is 15.6. The van der Waals surface area contributed by atoms with E-state index >= 15 is 0 Å². The molecule has 0 N–H and O–H groups in total. The Hall–Kier alpha value is -1.43. The van der Waals surface area contributed by atoms with Crippen LogP contribution < -0.4 is 0 Å². The van der Waals surface area contributed by atoms with Gasteiger partial charge in [-0.2, -0.15) is 0 Å². The van der Waals surface area contributed by atoms with Crippen LogP contribution in [0.1, 0.15) is 24.5 Å². The molecule has 1 aromatic rings. The van der Waals surface area contributed by atoms with Crippen LogP contribution in [0.25, 0.3) is 0 Å². The van der Waals surface area contributed by atoms with Crippen molar-refractivity contribution in [2.75, 3.05) is 52.5 Å². The third-order valence-electron chi connectivity index (χ3n) is 5.51. The highest BCUT2D eigenvalue weighted by Gasteiger charge is 2.28. The lowest BCUT2D eigenvalue weighted by Crippen LogP contribution is -2.51. The molecule has 5 nitrogen and oxygen atoms in total. The molecule has 5 heteroatoms. The van der Waals surface area contributed by atoms with Gasteiger partial charge in [-0.1, -0.05) is 24.3 Å². The van der Waals surface area contributed by atoms with Crippen molar-refractivity contribution in [1.29, 1.82) is 0 Å². The smallest absolute Gasteiger partial charge is 0.239 e. The van der Waals surface area contributed by atoms with Gasteiger partial charge in [0.05, 0.1) is 19.3 Å². The maximum atomic E-state index is 12.7. The Morgan fingerprint density at radius 1 is 1.08 bits per heavy atom. The summed E-state index contributed by atoms with van der Waals surface area (Å²) in [6, 6.07) is 8.60. The number of benzene rings is 1. The van der Waals surface area contributed by atoms with Gasteiger partial charge in [0.25, 0.3) is 0 Å². The number of carbonyl (C=O) groups excluding carboxylic acids is 1. The van der Waals surface area contributed by atoms with Crippen LogP contribution in [0.5, 0.6) is 0 Å². The second kappa shape index (κ2) is 8.79. The molecule has 25 heavy (non-hydrogen) atoms. The highest BCUT2D eigenvalue weighted by atomic mass is 16.5. The fourth-order valence-corrected chi connectivity index (χ4v) is 3.77. The maximum absolute atomic E-state index is 12.7. The minimum absolute atomic E-state index is 0.0310. The zero-order chi connectivity index (χ0) is 17.6. The minimum Gasteiger partial charge on any atom is -0.378 e. The summed E-state index contributed by atoms with van der Waals surface area (Å²) in [4.78, 5) is 19.6. The number of aryl methyl sites for hydroxylation is 1. The normalized spacial score (nSPS) is 21.8. The number of hydrogen-bond donors (Lipinski definition) is 0. The number of amides is 1. The number of hydrogen-bond acceptors (Lipinski definition) is 4. The van der Waals surface area contributed by atoms with Crippen LogP contribution in [0.15, 0.2) is 24.3 Å². The molecule has 0 aliphatic carbocycles. The Morgan fingerprint density at radius 3 is 2.60 bits per heavy atom. The summed E-state index contributed by atoms with van der Waals surface area (Å²) in [6.07, 6.45) is 1.12. The standard InChI is InChI=1S/C20H31N3O2/c1-17-6-3-4-7-19(17)16-21-8-5-9-22(11-10-21)18(2)20(24)23-12-14-25-15-13-23/h3-4,6-7,18H,5,8-16H2,1-2H3/t18-/m1/s1. The van der Waals surface area contributed by atoms with Crippen LogP contribution in [-0.4, -0.2) is 79.1 Å². The molecule has 1 atom stereocenters. The number of ether oxygens (including phenoxy) is 1. The van der Waals surface area contributed by atoms with Gasteiger partial charge in [0.1, 0.15) is 0 Å². The first-order chi connectivity index (χ1) is 12.1. The van der Waals surface area contributed by atoms with Crippen molar-refractivity contribution in [3.05, 3.63) is 35.4 Å². The molecule has 0 spiro atoms. The lowest BCUT2D eigenvalue weighted by atomic mass is 10.1. The van der Waals surface area contributed by atoms with Crippen molar-refractivity contribution in [2.45, 2.75) is 32.9 Å². The van der Waals surface area contributed by atoms with Crippen LogP contribution >= 0.6 is 0 Å². The average molecular weight is 345 g/mol. The van der Waals surface area contributed by atoms with Crippen LogP contribution in [-0.2, 0) is 16.1 Å². The van der Waals surface area contributed by atoms with E-state index in [1.807, 2.05) is 4.90 Å². The molecule has 1 amide bonds. The van der Waals surface area contributed by atoms with Crippen molar-refractivity contribution in [2.24, 2.45) is 0 Å². The summed E-state index contributed by atoms with van der Waals surface area (Å²) in [5.74, 6) is 0.260. The predicted octanol–water partition coefficient (Wildman–Crippen LogP) is 1.75. The minimum atomic E-state index is -0.0310. The molecule has 2 saturated heterocycles. The van der Waals surface area contributed by atoms with Crippen LogP contribution in [0, 0.1) is 6.92 Å². The molecule has 2 heterocycles. The quantitative estimate of drug-likeness (QED) is 0.833. The number of nitrogens with zero attached hydrogens (tertiary/aromatic N) is 3. The Bertz CT molecular complexity index is 572. The topological polar surface area (TPSA) is 36.0 Å². The largest absolute Gasteiger partial charge is 0.378 e. The summed E-state index contributed by atoms with van der Waals surface area (Å²) in [6.45, 7) is 12.1. The van der Waals surface area contributed by atoms with E-state index < -0.39 is 0 Å². The fraction of sp³-hybridized carbons (Fsp3) is 0.650. The van der Waals surface area contributed by atoms with E-state index in [0.717, 1.165) is 52.2 Å². The van der Waals surface area contributed by atoms with Gasteiger partial charge in [0.2, 0.25) is 5.91 Å². The Kier molecular flexibility index (Phi) is 6.45. The molecule has 0 aromatic heterocycles. The number of rotatable bonds is 4. The second-order valence-electron chi connectivity index (χ2n) is 7.21. The monoisotopic (exact) mass is 345 g/mol. The first kappa shape index (κ1) is 18.4. The summed E-state index contributed by atoms with van der Waals surface area (Å²) >= 11 is 0. The molecule has 1 aromatic carbocycles. The first-order valence-corrected chi connectivity index (χ1v) is 9.52. The molecule has 0 unspecified atom stereocenters. The van der Waals surface area contributed by atoms with Crippen molar-refractivity contribution in [1.82, 2.24) is 14.7 Å². The fourth-order valence-electron chi connectivity index (χ4n) is 3.77. The van der Waals surface area contributed by atoms with E-state index in [2.05, 4.69) is 47.9 Å². The van der Waals surface area contributed by atoms with Crippen molar-refractivity contribution in [3.8, 4) is 0 Å². The molecular weight excluding hydrogens is 314 g/mol. The molecule has 3 rings (SSSR count). The Balaban J connectivity index is 1.54. The molecule has 2 aliphatic heterocycles. The number of carbonyl (C=O) groups is 1. The van der Waals surface area contributed by atoms with Crippen molar-refractivity contribution in [3.63, 3.8) is 0 Å². The van der Waals surface area contributed by atoms with Gasteiger partial charge in [0, 0.05) is 39.3 Å². The predicted molar refractivity (Wildman–Crippen MR) is 99.5 cm³/mol. The molecule has 2 aliphatic rings. The summed E-state index contributed by atoms with van der Waals surface area (Å²) in [5.41, 5.74) is 2.77. The van der Waals surface area contributed by atoms with E-state index in [1.165, 1.54) is 11.1 Å². The van der Waals surface area contributed by atoms with Crippen LogP contribution in [0.3, 0.4) is 0 Å². The summed E-state index contributed by atoms with van der Waals surface area (Å²) in [5, 5.41) is 0. The van der Waals surface area contributed by atoms with Gasteiger partial charge in [-0.05, 0) is 37.9 Å². The van der Waals surface area contributed by atoms with Gasteiger partial charge in [-0.15, -0.1) is 0 Å². The third kappa shape index (κ3) is 4.81. The van der Waals surface area contributed by atoms with Gasteiger partial charge >= 0.3 is 0 Å². The van der Waals surface area contributed by atoms with Gasteiger partial charge in [-0.3, -0.25) is 14.6 Å². The molecule has 0 saturated carbocycles. The second-order valence-corrected chi connectivity index (χ2v) is 7.21. The van der Waals surface area contributed by atoms with E-state index in [9.17, 15) is 4.79 Å². The average Bonchev–Trinajstić information content (AvgIpc) is 2.89. The number of morpholine rings is 1. The SMILES string of the molecule is Cc1ccccc1CN1CCCN([C@H](C)C(=O)N2CCOCC2)CC1. The van der Waals surface area contributed by atoms with Crippen LogP contribution in [0.2, 0.25) is 0 Å². The highest BCUT2D eigenvalue weighted by molar-refractivity contribution is 5.81. The molecule has 0 bridgehead atoms. The Morgan fingerprint density at radius 2 is 1.84 bits per heavy atom. The summed E-state index contributed by atoms with van der Waals surface area (Å²) < 4.78 is 5.36. The Labute approximate surface area is 151 Å². The van der Waals surface area contributed by atoms with Crippen molar-refractivity contribution < 1.29 is 9.53 Å². The van der Waals surface area contributed by atoms with Gasteiger partial charge in [0.15, 0.2) is 0 Å². The molecular formula is C20H31N3O2. The van der Waals surface area contributed by atoms with Gasteiger partial charge in [-0.25, -0.2) is 0 Å². The molecule has 0 radical (unpaired) electrons. The van der Waals surface area contributed by atoms with Gasteiger partial charge < -0.3 is 9.64 Å². The van der Waals surface area contributed by atoms with E-state index in [0.29, 0.717) is 13.2 Å². The lowest BCUT2D eigenvalue weighted by molar-refractivity contribution is -0.140. The van der Waals surface area contributed by atoms with Crippen molar-refractivity contribution >= 4 is 5.91 Å². The molecule has 2 fully saturated rings. The maximum Gasteiger partial charge on any atom is 0.239 e. The zero-order valence-electron chi connectivity index (χ0n) is 15.6. The molecule has 138 valence electrons. The van der Waals surface area contributed by atoms with Crippen LogP contribution in [0.4, 0.5) is 0 Å². The van der Waals surface area contributed by atoms with E-state index in [-0.39, 0.29) is 11.9 Å². The summed E-state index contributed by atoms with van der Waals surface area (Å²) in [7, 11) is 0. The van der Waals surface area contributed by atoms with E-state index in [1.54, 1.807) is 0 Å². The highest BCUT2D eigenvalue weighted by Crippen LogP contribution is 2.15.